The molecule has 0 aromatic heterocycles. The Morgan fingerprint density at radius 1 is 1.56 bits per heavy atom. The molecule has 1 heterocycles. The topological polar surface area (TPSA) is 37.1 Å². The van der Waals surface area contributed by atoms with Crippen LogP contribution in [0.1, 0.15) is 13.8 Å². The molecule has 0 unspecified atom stereocenters. The van der Waals surface area contributed by atoms with Crippen LogP contribution in [0.2, 0.25) is 0 Å². The van der Waals surface area contributed by atoms with Crippen LogP contribution in [0.3, 0.4) is 0 Å². The van der Waals surface area contributed by atoms with Crippen LogP contribution in [0.4, 0.5) is 0 Å². The van der Waals surface area contributed by atoms with Gasteiger partial charge in [-0.05, 0) is 5.22 Å². The van der Waals surface area contributed by atoms with E-state index in [9.17, 15) is 0 Å². The maximum Gasteiger partial charge on any atom is 0.121 e. The highest BCUT2D eigenvalue weighted by Gasteiger charge is 2.05. The highest BCUT2D eigenvalue weighted by Crippen LogP contribution is 2.14. The zero-order valence-electron chi connectivity index (χ0n) is 5.53. The standard InChI is InChI=1S/C5H9N3S/c1-4(2)9-5-3-6-8-7-5/h4H,3H2,1-2H3. The van der Waals surface area contributed by atoms with Crippen molar-refractivity contribution in [1.29, 1.82) is 0 Å². The van der Waals surface area contributed by atoms with Crippen molar-refractivity contribution in [3.63, 3.8) is 0 Å². The number of hydrogen-bond donors (Lipinski definition) is 0. The van der Waals surface area contributed by atoms with Gasteiger partial charge in [0, 0.05) is 5.25 Å². The Balaban J connectivity index is 2.30. The molecule has 0 saturated carbocycles. The Morgan fingerprint density at radius 3 is 2.78 bits per heavy atom. The summed E-state index contributed by atoms with van der Waals surface area (Å²) in [6, 6.07) is 0. The van der Waals surface area contributed by atoms with Gasteiger partial charge in [-0.25, -0.2) is 0 Å². The van der Waals surface area contributed by atoms with Crippen LogP contribution < -0.4 is 0 Å². The van der Waals surface area contributed by atoms with E-state index in [1.807, 2.05) is 0 Å². The molecule has 0 atom stereocenters. The van der Waals surface area contributed by atoms with Gasteiger partial charge in [-0.1, -0.05) is 13.8 Å². The molecular weight excluding hydrogens is 134 g/mol. The van der Waals surface area contributed by atoms with Crippen molar-refractivity contribution >= 4 is 16.8 Å². The van der Waals surface area contributed by atoms with Crippen LogP contribution in [-0.2, 0) is 0 Å². The van der Waals surface area contributed by atoms with E-state index in [0.29, 0.717) is 11.8 Å². The summed E-state index contributed by atoms with van der Waals surface area (Å²) in [5, 5.41) is 12.7. The predicted octanol–water partition coefficient (Wildman–Crippen LogP) is 1.91. The molecule has 0 bridgehead atoms. The summed E-state index contributed by atoms with van der Waals surface area (Å²) in [7, 11) is 0. The van der Waals surface area contributed by atoms with Crippen LogP contribution >= 0.6 is 11.8 Å². The highest BCUT2D eigenvalue weighted by molar-refractivity contribution is 8.14. The Morgan fingerprint density at radius 2 is 2.33 bits per heavy atom. The van der Waals surface area contributed by atoms with Crippen molar-refractivity contribution < 1.29 is 0 Å². The third kappa shape index (κ3) is 2.13. The van der Waals surface area contributed by atoms with E-state index in [4.69, 9.17) is 0 Å². The normalized spacial score (nSPS) is 17.0. The zero-order chi connectivity index (χ0) is 6.69. The molecule has 0 spiro atoms. The summed E-state index contributed by atoms with van der Waals surface area (Å²) in [5.74, 6) is 0. The minimum atomic E-state index is 0.590. The first kappa shape index (κ1) is 6.74. The first-order chi connectivity index (χ1) is 4.29. The van der Waals surface area contributed by atoms with Gasteiger partial charge < -0.3 is 0 Å². The van der Waals surface area contributed by atoms with E-state index < -0.39 is 0 Å². The van der Waals surface area contributed by atoms with Gasteiger partial charge in [-0.2, -0.15) is 5.11 Å². The summed E-state index contributed by atoms with van der Waals surface area (Å²) in [5.41, 5.74) is 0. The average molecular weight is 143 g/mol. The van der Waals surface area contributed by atoms with E-state index in [1.54, 1.807) is 11.8 Å². The minimum Gasteiger partial charge on any atom is -0.162 e. The number of rotatable bonds is 1. The first-order valence-electron chi connectivity index (χ1n) is 2.89. The lowest BCUT2D eigenvalue weighted by molar-refractivity contribution is 1.06. The molecule has 0 N–H and O–H groups in total. The minimum absolute atomic E-state index is 0.590. The zero-order valence-corrected chi connectivity index (χ0v) is 6.35. The lowest BCUT2D eigenvalue weighted by atomic mass is 10.6. The van der Waals surface area contributed by atoms with Crippen LogP contribution in [0, 0.1) is 0 Å². The third-order valence-electron chi connectivity index (χ3n) is 0.797. The predicted molar refractivity (Wildman–Crippen MR) is 39.9 cm³/mol. The summed E-state index contributed by atoms with van der Waals surface area (Å²) in [6.07, 6.45) is 0. The molecule has 0 aromatic carbocycles. The molecule has 9 heavy (non-hydrogen) atoms. The number of nitrogens with zero attached hydrogens (tertiary/aromatic N) is 3. The van der Waals surface area contributed by atoms with Gasteiger partial charge in [-0.3, -0.25) is 0 Å². The molecule has 0 radical (unpaired) electrons. The van der Waals surface area contributed by atoms with Crippen LogP contribution in [0.5, 0.6) is 0 Å². The lowest BCUT2D eigenvalue weighted by Gasteiger charge is -1.99. The van der Waals surface area contributed by atoms with Crippen LogP contribution in [0.25, 0.3) is 0 Å². The second kappa shape index (κ2) is 2.96. The van der Waals surface area contributed by atoms with Gasteiger partial charge in [0.2, 0.25) is 0 Å². The van der Waals surface area contributed by atoms with Crippen molar-refractivity contribution in [3.05, 3.63) is 0 Å². The lowest BCUT2D eigenvalue weighted by Crippen LogP contribution is -1.98. The molecule has 1 rings (SSSR count). The quantitative estimate of drug-likeness (QED) is 0.552. The monoisotopic (exact) mass is 143 g/mol. The van der Waals surface area contributed by atoms with E-state index in [-0.39, 0.29) is 0 Å². The van der Waals surface area contributed by atoms with Crippen molar-refractivity contribution in [1.82, 2.24) is 0 Å². The molecule has 4 heteroatoms. The number of hydrogen-bond acceptors (Lipinski definition) is 4. The second-order valence-electron chi connectivity index (χ2n) is 2.05. The Hall–Kier alpha value is -0.380. The van der Waals surface area contributed by atoms with Crippen molar-refractivity contribution in [2.75, 3.05) is 6.54 Å². The second-order valence-corrected chi connectivity index (χ2v) is 3.70. The molecule has 50 valence electrons. The van der Waals surface area contributed by atoms with E-state index >= 15 is 0 Å². The fraction of sp³-hybridized carbons (Fsp3) is 0.800. The molecule has 3 nitrogen and oxygen atoms in total. The summed E-state index contributed by atoms with van der Waals surface area (Å²) >= 11 is 1.72. The maximum atomic E-state index is 3.81. The van der Waals surface area contributed by atoms with Crippen LogP contribution in [-0.4, -0.2) is 16.8 Å². The molecule has 1 aliphatic rings. The van der Waals surface area contributed by atoms with Gasteiger partial charge in [-0.15, -0.1) is 16.9 Å². The molecule has 0 aromatic rings. The smallest absolute Gasteiger partial charge is 0.121 e. The molecule has 0 amide bonds. The Bertz CT molecular complexity index is 150. The van der Waals surface area contributed by atoms with Crippen molar-refractivity contribution in [2.24, 2.45) is 15.4 Å². The maximum absolute atomic E-state index is 3.81. The summed E-state index contributed by atoms with van der Waals surface area (Å²) in [4.78, 5) is 0. The van der Waals surface area contributed by atoms with E-state index in [0.717, 1.165) is 5.04 Å². The van der Waals surface area contributed by atoms with E-state index in [1.165, 1.54) is 0 Å². The average Bonchev–Trinajstić information content (AvgIpc) is 2.15. The van der Waals surface area contributed by atoms with Gasteiger partial charge in [0.05, 0.1) is 0 Å². The fourth-order valence-corrected chi connectivity index (χ4v) is 1.30. The molecule has 0 saturated heterocycles. The van der Waals surface area contributed by atoms with Gasteiger partial charge in [0.1, 0.15) is 11.6 Å². The highest BCUT2D eigenvalue weighted by atomic mass is 32.2. The Kier molecular flexibility index (Phi) is 2.22. The third-order valence-corrected chi connectivity index (χ3v) is 1.75. The first-order valence-corrected chi connectivity index (χ1v) is 3.77. The molecule has 0 aliphatic carbocycles. The van der Waals surface area contributed by atoms with Gasteiger partial charge >= 0.3 is 0 Å². The van der Waals surface area contributed by atoms with Crippen molar-refractivity contribution in [3.8, 4) is 0 Å². The van der Waals surface area contributed by atoms with Gasteiger partial charge in [0.15, 0.2) is 0 Å². The Labute approximate surface area is 58.6 Å². The molecule has 1 aliphatic heterocycles. The molecule has 0 fully saturated rings. The fourth-order valence-electron chi connectivity index (χ4n) is 0.538. The number of thioether (sulfide) groups is 1. The largest absolute Gasteiger partial charge is 0.162 e. The SMILES string of the molecule is CC(C)SC1=NN=NC1. The van der Waals surface area contributed by atoms with Crippen LogP contribution in [0.15, 0.2) is 15.4 Å². The summed E-state index contributed by atoms with van der Waals surface area (Å²) < 4.78 is 0. The van der Waals surface area contributed by atoms with Crippen molar-refractivity contribution in [2.45, 2.75) is 19.1 Å². The van der Waals surface area contributed by atoms with Gasteiger partial charge in [0.25, 0.3) is 0 Å². The summed E-state index contributed by atoms with van der Waals surface area (Å²) in [6.45, 7) is 4.94. The van der Waals surface area contributed by atoms with E-state index in [2.05, 4.69) is 29.3 Å². The molecular formula is C5H9N3S.